The summed E-state index contributed by atoms with van der Waals surface area (Å²) in [5.74, 6) is 0. The van der Waals surface area contributed by atoms with Crippen LogP contribution < -0.4 is 5.32 Å². The van der Waals surface area contributed by atoms with Gasteiger partial charge in [-0.25, -0.2) is 0 Å². The van der Waals surface area contributed by atoms with Crippen molar-refractivity contribution in [3.8, 4) is 0 Å². The first-order valence-corrected chi connectivity index (χ1v) is 8.65. The molecule has 3 nitrogen and oxygen atoms in total. The van der Waals surface area contributed by atoms with Gasteiger partial charge in [0.25, 0.3) is 0 Å². The smallest absolute Gasteiger partial charge is 0.0547 e. The van der Waals surface area contributed by atoms with E-state index in [1.165, 1.54) is 50.6 Å². The minimum atomic E-state index is 0.746. The SMILES string of the molecule is CCCNCc1cccc(CN(C)C2CCCCCC2)n1. The van der Waals surface area contributed by atoms with Gasteiger partial charge in [0.15, 0.2) is 0 Å². The van der Waals surface area contributed by atoms with Gasteiger partial charge in [-0.05, 0) is 45.0 Å². The summed E-state index contributed by atoms with van der Waals surface area (Å²) >= 11 is 0. The number of nitrogens with one attached hydrogen (secondary N) is 1. The fourth-order valence-electron chi connectivity index (χ4n) is 3.19. The zero-order valence-electron chi connectivity index (χ0n) is 13.8. The minimum Gasteiger partial charge on any atom is -0.311 e. The Morgan fingerprint density at radius 1 is 1.14 bits per heavy atom. The maximum absolute atomic E-state index is 4.80. The van der Waals surface area contributed by atoms with Gasteiger partial charge < -0.3 is 5.32 Å². The Balaban J connectivity index is 1.87. The molecule has 118 valence electrons. The molecule has 21 heavy (non-hydrogen) atoms. The van der Waals surface area contributed by atoms with Gasteiger partial charge in [-0.3, -0.25) is 9.88 Å². The van der Waals surface area contributed by atoms with Crippen LogP contribution in [0, 0.1) is 0 Å². The van der Waals surface area contributed by atoms with Crippen molar-refractivity contribution in [2.75, 3.05) is 13.6 Å². The van der Waals surface area contributed by atoms with Gasteiger partial charge in [0.2, 0.25) is 0 Å². The first-order chi connectivity index (χ1) is 10.3. The van der Waals surface area contributed by atoms with Crippen LogP contribution in [-0.4, -0.2) is 29.5 Å². The zero-order valence-corrected chi connectivity index (χ0v) is 13.8. The summed E-state index contributed by atoms with van der Waals surface area (Å²) in [5.41, 5.74) is 2.37. The van der Waals surface area contributed by atoms with E-state index in [0.29, 0.717) is 0 Å². The fraction of sp³-hybridized carbons (Fsp3) is 0.722. The first kappa shape index (κ1) is 16.4. The molecular formula is C18H31N3. The van der Waals surface area contributed by atoms with Crippen LogP contribution >= 0.6 is 0 Å². The molecule has 1 aromatic heterocycles. The van der Waals surface area contributed by atoms with Crippen molar-refractivity contribution in [1.82, 2.24) is 15.2 Å². The molecule has 1 aliphatic carbocycles. The lowest BCUT2D eigenvalue weighted by molar-refractivity contribution is 0.210. The highest BCUT2D eigenvalue weighted by molar-refractivity contribution is 5.11. The van der Waals surface area contributed by atoms with Gasteiger partial charge in [0.05, 0.1) is 11.4 Å². The van der Waals surface area contributed by atoms with Crippen LogP contribution in [0.15, 0.2) is 18.2 Å². The molecule has 0 radical (unpaired) electrons. The summed E-state index contributed by atoms with van der Waals surface area (Å²) in [6.45, 7) is 5.12. The summed E-state index contributed by atoms with van der Waals surface area (Å²) in [4.78, 5) is 7.31. The minimum absolute atomic E-state index is 0.746. The number of hydrogen-bond acceptors (Lipinski definition) is 3. The second-order valence-electron chi connectivity index (χ2n) is 6.36. The van der Waals surface area contributed by atoms with E-state index in [-0.39, 0.29) is 0 Å². The fourth-order valence-corrected chi connectivity index (χ4v) is 3.19. The summed E-state index contributed by atoms with van der Waals surface area (Å²) in [6, 6.07) is 7.18. The Morgan fingerprint density at radius 2 is 1.86 bits per heavy atom. The first-order valence-electron chi connectivity index (χ1n) is 8.65. The molecule has 0 spiro atoms. The van der Waals surface area contributed by atoms with Crippen molar-refractivity contribution in [2.24, 2.45) is 0 Å². The predicted octanol–water partition coefficient (Wildman–Crippen LogP) is 3.74. The van der Waals surface area contributed by atoms with E-state index in [4.69, 9.17) is 4.98 Å². The van der Waals surface area contributed by atoms with Gasteiger partial charge in [-0.15, -0.1) is 0 Å². The Labute approximate surface area is 130 Å². The van der Waals surface area contributed by atoms with E-state index in [1.54, 1.807) is 0 Å². The van der Waals surface area contributed by atoms with Gasteiger partial charge in [0, 0.05) is 19.1 Å². The summed E-state index contributed by atoms with van der Waals surface area (Å²) in [5, 5.41) is 3.43. The Hall–Kier alpha value is -0.930. The average Bonchev–Trinajstić information content (AvgIpc) is 2.77. The van der Waals surface area contributed by atoms with Crippen molar-refractivity contribution in [1.29, 1.82) is 0 Å². The molecular weight excluding hydrogens is 258 g/mol. The number of rotatable bonds is 7. The largest absolute Gasteiger partial charge is 0.311 e. The Bertz CT molecular complexity index is 397. The molecule has 1 N–H and O–H groups in total. The Kier molecular flexibility index (Phi) is 7.17. The van der Waals surface area contributed by atoms with Crippen molar-refractivity contribution in [2.45, 2.75) is 71.0 Å². The molecule has 0 aromatic carbocycles. The van der Waals surface area contributed by atoms with Crippen molar-refractivity contribution >= 4 is 0 Å². The molecule has 1 saturated carbocycles. The molecule has 0 unspecified atom stereocenters. The maximum Gasteiger partial charge on any atom is 0.0547 e. The quantitative estimate of drug-likeness (QED) is 0.612. The second-order valence-corrected chi connectivity index (χ2v) is 6.36. The lowest BCUT2D eigenvalue weighted by Gasteiger charge is -2.26. The molecule has 0 atom stereocenters. The number of aromatic nitrogens is 1. The van der Waals surface area contributed by atoms with Crippen molar-refractivity contribution in [3.63, 3.8) is 0 Å². The standard InChI is InChI=1S/C18H31N3/c1-3-13-19-14-16-9-8-10-17(20-16)15-21(2)18-11-6-4-5-7-12-18/h8-10,18-19H,3-7,11-15H2,1-2H3. The third kappa shape index (κ3) is 5.76. The molecule has 1 fully saturated rings. The van der Waals surface area contributed by atoms with Gasteiger partial charge in [-0.1, -0.05) is 38.7 Å². The van der Waals surface area contributed by atoms with E-state index in [9.17, 15) is 0 Å². The van der Waals surface area contributed by atoms with Crippen molar-refractivity contribution in [3.05, 3.63) is 29.6 Å². The van der Waals surface area contributed by atoms with Gasteiger partial charge in [0.1, 0.15) is 0 Å². The molecule has 0 saturated heterocycles. The third-order valence-corrected chi connectivity index (χ3v) is 4.46. The maximum atomic E-state index is 4.80. The topological polar surface area (TPSA) is 28.2 Å². The Morgan fingerprint density at radius 3 is 2.57 bits per heavy atom. The normalized spacial score (nSPS) is 17.1. The van der Waals surface area contributed by atoms with E-state index >= 15 is 0 Å². The zero-order chi connectivity index (χ0) is 14.9. The van der Waals surface area contributed by atoms with Crippen LogP contribution in [0.1, 0.15) is 63.3 Å². The second kappa shape index (κ2) is 9.16. The van der Waals surface area contributed by atoms with Crippen LogP contribution in [0.3, 0.4) is 0 Å². The average molecular weight is 289 g/mol. The summed E-state index contributed by atoms with van der Waals surface area (Å²) in [7, 11) is 2.26. The van der Waals surface area contributed by atoms with Crippen LogP contribution in [0.25, 0.3) is 0 Å². The highest BCUT2D eigenvalue weighted by atomic mass is 15.1. The molecule has 1 aromatic rings. The monoisotopic (exact) mass is 289 g/mol. The van der Waals surface area contributed by atoms with Crippen molar-refractivity contribution < 1.29 is 0 Å². The summed E-state index contributed by atoms with van der Waals surface area (Å²) in [6.07, 6.45) is 9.50. The van der Waals surface area contributed by atoms with E-state index in [1.807, 2.05) is 0 Å². The highest BCUT2D eigenvalue weighted by Crippen LogP contribution is 2.22. The van der Waals surface area contributed by atoms with E-state index in [2.05, 4.69) is 42.4 Å². The number of nitrogens with zero attached hydrogens (tertiary/aromatic N) is 2. The number of hydrogen-bond donors (Lipinski definition) is 1. The highest BCUT2D eigenvalue weighted by Gasteiger charge is 2.17. The van der Waals surface area contributed by atoms with E-state index < -0.39 is 0 Å². The lowest BCUT2D eigenvalue weighted by atomic mass is 10.1. The van der Waals surface area contributed by atoms with Crippen LogP contribution in [0.4, 0.5) is 0 Å². The molecule has 0 bridgehead atoms. The molecule has 3 heteroatoms. The number of pyridine rings is 1. The summed E-state index contributed by atoms with van der Waals surface area (Å²) < 4.78 is 0. The van der Waals surface area contributed by atoms with E-state index in [0.717, 1.165) is 31.4 Å². The van der Waals surface area contributed by atoms with Crippen LogP contribution in [-0.2, 0) is 13.1 Å². The van der Waals surface area contributed by atoms with Crippen LogP contribution in [0.2, 0.25) is 0 Å². The van der Waals surface area contributed by atoms with Gasteiger partial charge >= 0.3 is 0 Å². The molecule has 0 amide bonds. The van der Waals surface area contributed by atoms with Gasteiger partial charge in [-0.2, -0.15) is 0 Å². The molecule has 2 rings (SSSR count). The third-order valence-electron chi connectivity index (χ3n) is 4.46. The predicted molar refractivity (Wildman–Crippen MR) is 89.2 cm³/mol. The van der Waals surface area contributed by atoms with Crippen LogP contribution in [0.5, 0.6) is 0 Å². The molecule has 0 aliphatic heterocycles. The lowest BCUT2D eigenvalue weighted by Crippen LogP contribution is -2.31. The molecule has 1 aliphatic rings. The molecule has 1 heterocycles.